The molecule has 2 aromatic carbocycles. The number of thiazole rings is 1. The smallest absolute Gasteiger partial charge is 0.339 e. The number of rotatable bonds is 10. The van der Waals surface area contributed by atoms with Crippen LogP contribution in [-0.4, -0.2) is 29.2 Å². The minimum atomic E-state index is -0.701. The summed E-state index contributed by atoms with van der Waals surface area (Å²) in [5.41, 5.74) is 3.44. The van der Waals surface area contributed by atoms with E-state index in [1.165, 1.54) is 11.3 Å². The molecule has 0 saturated heterocycles. The maximum atomic E-state index is 14.1. The van der Waals surface area contributed by atoms with E-state index in [9.17, 15) is 14.4 Å². The summed E-state index contributed by atoms with van der Waals surface area (Å²) >= 11 is 7.51. The number of hydrogen-bond acceptors (Lipinski definition) is 8. The van der Waals surface area contributed by atoms with Gasteiger partial charge in [-0.15, -0.1) is 0 Å². The van der Waals surface area contributed by atoms with Gasteiger partial charge >= 0.3 is 11.9 Å². The van der Waals surface area contributed by atoms with Crippen molar-refractivity contribution in [2.24, 2.45) is 4.99 Å². The van der Waals surface area contributed by atoms with Gasteiger partial charge in [-0.3, -0.25) is 9.36 Å². The Labute approximate surface area is 276 Å². The zero-order valence-corrected chi connectivity index (χ0v) is 28.3. The molecule has 0 saturated carbocycles. The van der Waals surface area contributed by atoms with Gasteiger partial charge in [-0.2, -0.15) is 0 Å². The number of fused-ring (bicyclic) bond motifs is 1. The molecular formula is C36H37ClN2O6S. The molecule has 0 bridgehead atoms. The van der Waals surface area contributed by atoms with Crippen LogP contribution in [0.2, 0.25) is 5.02 Å². The van der Waals surface area contributed by atoms with Crippen molar-refractivity contribution in [3.8, 4) is 11.3 Å². The minimum absolute atomic E-state index is 0.204. The fraction of sp³-hybridized carbons (Fsp3) is 0.333. The fourth-order valence-corrected chi connectivity index (χ4v) is 6.55. The van der Waals surface area contributed by atoms with Crippen molar-refractivity contribution in [1.29, 1.82) is 0 Å². The van der Waals surface area contributed by atoms with E-state index in [1.54, 1.807) is 61.7 Å². The van der Waals surface area contributed by atoms with Crippen LogP contribution in [0.25, 0.3) is 17.4 Å². The van der Waals surface area contributed by atoms with Crippen molar-refractivity contribution in [3.05, 3.63) is 113 Å². The maximum absolute atomic E-state index is 14.1. The SMILES string of the molecule is CCCC1=C(C(=O)OCC)[C@@H](c2ccc(C(C)C)cc2)n2c(s/c(=C/c3ccc(-c4cc(Cl)ccc4C(=O)OC(C)C)o3)c2=O)=N1. The van der Waals surface area contributed by atoms with Crippen LogP contribution in [0.4, 0.5) is 0 Å². The molecule has 10 heteroatoms. The third-order valence-electron chi connectivity index (χ3n) is 7.52. The normalized spacial score (nSPS) is 14.9. The molecule has 46 heavy (non-hydrogen) atoms. The zero-order valence-electron chi connectivity index (χ0n) is 26.8. The monoisotopic (exact) mass is 660 g/mol. The number of carbonyl (C=O) groups is 2. The van der Waals surface area contributed by atoms with E-state index in [0.717, 1.165) is 17.5 Å². The topological polar surface area (TPSA) is 100 Å². The molecular weight excluding hydrogens is 624 g/mol. The van der Waals surface area contributed by atoms with Crippen LogP contribution in [0, 0.1) is 0 Å². The standard InChI is InChI=1S/C36H37ClN2O6S/c1-7-9-28-31(35(42)43-8-2)32(23-12-10-22(11-13-23)20(3)4)39-33(40)30(46-36(39)38-28)19-25-15-17-29(45-25)27-18-24(37)14-16-26(27)34(41)44-21(5)6/h10-21,32H,7-9H2,1-6H3/b30-19+/t32-/m1/s1. The van der Waals surface area contributed by atoms with Crippen LogP contribution in [0.15, 0.2) is 80.1 Å². The van der Waals surface area contributed by atoms with Gasteiger partial charge in [0.1, 0.15) is 11.5 Å². The molecule has 0 amide bonds. The maximum Gasteiger partial charge on any atom is 0.339 e. The number of esters is 2. The van der Waals surface area contributed by atoms with Crippen molar-refractivity contribution in [2.75, 3.05) is 6.61 Å². The highest BCUT2D eigenvalue weighted by Gasteiger charge is 2.34. The summed E-state index contributed by atoms with van der Waals surface area (Å²) in [5.74, 6) is 0.157. The van der Waals surface area contributed by atoms with Crippen LogP contribution in [0.3, 0.4) is 0 Å². The van der Waals surface area contributed by atoms with Crippen molar-refractivity contribution in [3.63, 3.8) is 0 Å². The second-order valence-electron chi connectivity index (χ2n) is 11.6. The van der Waals surface area contributed by atoms with Crippen LogP contribution in [0.1, 0.15) is 93.6 Å². The van der Waals surface area contributed by atoms with Crippen LogP contribution in [0.5, 0.6) is 0 Å². The third-order valence-corrected chi connectivity index (χ3v) is 8.74. The Morgan fingerprint density at radius 2 is 1.78 bits per heavy atom. The number of ether oxygens (including phenoxy) is 2. The van der Waals surface area contributed by atoms with Gasteiger partial charge < -0.3 is 13.9 Å². The Kier molecular flexibility index (Phi) is 10.1. The number of benzene rings is 2. The third kappa shape index (κ3) is 6.81. The number of nitrogens with zero attached hydrogens (tertiary/aromatic N) is 2. The molecule has 2 aromatic heterocycles. The molecule has 1 aliphatic rings. The molecule has 1 aliphatic heterocycles. The average Bonchev–Trinajstić information content (AvgIpc) is 3.60. The van der Waals surface area contributed by atoms with Gasteiger partial charge in [0.25, 0.3) is 5.56 Å². The highest BCUT2D eigenvalue weighted by Crippen LogP contribution is 2.34. The fourth-order valence-electron chi connectivity index (χ4n) is 5.38. The van der Waals surface area contributed by atoms with E-state index in [2.05, 4.69) is 13.8 Å². The van der Waals surface area contributed by atoms with Gasteiger partial charge in [-0.05, 0) is 74.6 Å². The van der Waals surface area contributed by atoms with E-state index in [1.807, 2.05) is 31.2 Å². The Morgan fingerprint density at radius 3 is 2.43 bits per heavy atom. The summed E-state index contributed by atoms with van der Waals surface area (Å²) < 4.78 is 19.0. The molecule has 240 valence electrons. The summed E-state index contributed by atoms with van der Waals surface area (Å²) in [6, 6.07) is 15.6. The van der Waals surface area contributed by atoms with Crippen LogP contribution in [-0.2, 0) is 14.3 Å². The summed E-state index contributed by atoms with van der Waals surface area (Å²) in [6.45, 7) is 11.8. The number of halogens is 1. The number of allylic oxidation sites excluding steroid dienone is 1. The number of aromatic nitrogens is 1. The van der Waals surface area contributed by atoms with E-state index < -0.39 is 18.0 Å². The molecule has 0 fully saturated rings. The molecule has 4 aromatic rings. The first-order valence-electron chi connectivity index (χ1n) is 15.4. The Balaban J connectivity index is 1.64. The van der Waals surface area contributed by atoms with E-state index in [0.29, 0.717) is 60.6 Å². The summed E-state index contributed by atoms with van der Waals surface area (Å²) in [6.07, 6.45) is 2.67. The minimum Gasteiger partial charge on any atom is -0.463 e. The average molecular weight is 661 g/mol. The van der Waals surface area contributed by atoms with Gasteiger partial charge in [-0.25, -0.2) is 14.6 Å². The Hall–Kier alpha value is -4.21. The molecule has 1 atom stereocenters. The number of hydrogen-bond donors (Lipinski definition) is 0. The van der Waals surface area contributed by atoms with E-state index >= 15 is 0 Å². The first kappa shape index (κ1) is 33.2. The summed E-state index contributed by atoms with van der Waals surface area (Å²) in [4.78, 5) is 45.7. The van der Waals surface area contributed by atoms with Crippen molar-refractivity contribution < 1.29 is 23.5 Å². The zero-order chi connectivity index (χ0) is 33.1. The van der Waals surface area contributed by atoms with Gasteiger partial charge in [0, 0.05) is 16.7 Å². The molecule has 0 radical (unpaired) electrons. The highest BCUT2D eigenvalue weighted by molar-refractivity contribution is 7.07. The second kappa shape index (κ2) is 14.1. The first-order valence-corrected chi connectivity index (χ1v) is 16.6. The van der Waals surface area contributed by atoms with Crippen molar-refractivity contribution >= 4 is 41.0 Å². The summed E-state index contributed by atoms with van der Waals surface area (Å²) in [5, 5.41) is 0.434. The van der Waals surface area contributed by atoms with Crippen molar-refractivity contribution in [1.82, 2.24) is 4.57 Å². The highest BCUT2D eigenvalue weighted by atomic mass is 35.5. The molecule has 0 spiro atoms. The van der Waals surface area contributed by atoms with Gasteiger partial charge in [0.05, 0.1) is 40.1 Å². The number of furan rings is 1. The molecule has 0 aliphatic carbocycles. The quantitative estimate of drug-likeness (QED) is 0.167. The molecule has 8 nitrogen and oxygen atoms in total. The first-order chi connectivity index (χ1) is 22.0. The van der Waals surface area contributed by atoms with E-state index in [-0.39, 0.29) is 18.3 Å². The molecule has 0 unspecified atom stereocenters. The second-order valence-corrected chi connectivity index (χ2v) is 13.0. The van der Waals surface area contributed by atoms with Crippen molar-refractivity contribution in [2.45, 2.75) is 72.4 Å². The molecule has 5 rings (SSSR count). The van der Waals surface area contributed by atoms with Gasteiger partial charge in [0.15, 0.2) is 4.80 Å². The number of carbonyl (C=O) groups excluding carboxylic acids is 2. The van der Waals surface area contributed by atoms with Gasteiger partial charge in [0.2, 0.25) is 0 Å². The molecule has 0 N–H and O–H groups in total. The van der Waals surface area contributed by atoms with E-state index in [4.69, 9.17) is 30.5 Å². The van der Waals surface area contributed by atoms with Gasteiger partial charge in [-0.1, -0.05) is 74.4 Å². The summed E-state index contributed by atoms with van der Waals surface area (Å²) in [7, 11) is 0. The lowest BCUT2D eigenvalue weighted by molar-refractivity contribution is -0.139. The predicted octanol–water partition coefficient (Wildman–Crippen LogP) is 7.18. The molecule has 3 heterocycles. The lowest BCUT2D eigenvalue weighted by atomic mass is 9.92. The Morgan fingerprint density at radius 1 is 1.04 bits per heavy atom. The lowest BCUT2D eigenvalue weighted by Crippen LogP contribution is -2.40. The largest absolute Gasteiger partial charge is 0.463 e. The Bertz CT molecular complexity index is 1980. The predicted molar refractivity (Wildman–Crippen MR) is 180 cm³/mol. The van der Waals surface area contributed by atoms with Crippen LogP contribution < -0.4 is 14.9 Å². The lowest BCUT2D eigenvalue weighted by Gasteiger charge is -2.26. The van der Waals surface area contributed by atoms with Crippen LogP contribution >= 0.6 is 22.9 Å².